The van der Waals surface area contributed by atoms with Gasteiger partial charge in [0, 0.05) is 12.3 Å². The van der Waals surface area contributed by atoms with Crippen LogP contribution in [0.25, 0.3) is 6.08 Å². The number of benzene rings is 1. The lowest BCUT2D eigenvalue weighted by Crippen LogP contribution is -2.46. The molecule has 2 N–H and O–H groups in total. The fourth-order valence-electron chi connectivity index (χ4n) is 2.28. The maximum atomic E-state index is 11.9. The van der Waals surface area contributed by atoms with Crippen molar-refractivity contribution in [2.24, 2.45) is 0 Å². The Labute approximate surface area is 135 Å². The molecule has 1 aliphatic rings. The summed E-state index contributed by atoms with van der Waals surface area (Å²) in [5, 5.41) is 5.64. The Morgan fingerprint density at radius 1 is 1.32 bits per heavy atom. The Hall–Kier alpha value is -1.75. The molecule has 2 rings (SSSR count). The highest BCUT2D eigenvalue weighted by atomic mass is 32.2. The molecule has 4 nitrogen and oxygen atoms in total. The molecule has 1 fully saturated rings. The third-order valence-electron chi connectivity index (χ3n) is 3.43. The lowest BCUT2D eigenvalue weighted by atomic mass is 10.1. The molecule has 1 aliphatic heterocycles. The third-order valence-corrected chi connectivity index (χ3v) is 4.32. The van der Waals surface area contributed by atoms with Crippen LogP contribution >= 0.6 is 11.8 Å². The first-order chi connectivity index (χ1) is 10.8. The maximum absolute atomic E-state index is 11.9. The summed E-state index contributed by atoms with van der Waals surface area (Å²) < 4.78 is 0. The van der Waals surface area contributed by atoms with Gasteiger partial charge >= 0.3 is 0 Å². The van der Waals surface area contributed by atoms with Crippen LogP contribution in [0, 0.1) is 0 Å². The second-order valence-corrected chi connectivity index (χ2v) is 6.27. The predicted octanol–water partition coefficient (Wildman–Crippen LogP) is 2.22. The molecule has 0 radical (unpaired) electrons. The van der Waals surface area contributed by atoms with Gasteiger partial charge in [0.2, 0.25) is 11.8 Å². The topological polar surface area (TPSA) is 58.2 Å². The van der Waals surface area contributed by atoms with Crippen molar-refractivity contribution in [3.05, 3.63) is 42.0 Å². The third kappa shape index (κ3) is 5.93. The molecule has 1 saturated heterocycles. The Balaban J connectivity index is 1.65. The molecule has 0 saturated carbocycles. The summed E-state index contributed by atoms with van der Waals surface area (Å²) in [5.41, 5.74) is 1.16. The Bertz CT molecular complexity index is 517. The monoisotopic (exact) mass is 318 g/mol. The zero-order valence-corrected chi connectivity index (χ0v) is 13.4. The minimum absolute atomic E-state index is 0.0557. The molecule has 118 valence electrons. The number of thioether (sulfide) groups is 1. The SMILES string of the molecule is O=C(CSC/C=C/c1ccccc1)N[C@H]1CCCCNC1=O. The second-order valence-electron chi connectivity index (χ2n) is 5.24. The first kappa shape index (κ1) is 16.6. The highest BCUT2D eigenvalue weighted by Crippen LogP contribution is 2.07. The van der Waals surface area contributed by atoms with Crippen molar-refractivity contribution in [3.8, 4) is 0 Å². The number of hydrogen-bond donors (Lipinski definition) is 2. The van der Waals surface area contributed by atoms with E-state index in [0.29, 0.717) is 12.3 Å². The van der Waals surface area contributed by atoms with Gasteiger partial charge in [0.1, 0.15) is 6.04 Å². The molecule has 0 aromatic heterocycles. The minimum atomic E-state index is -0.365. The van der Waals surface area contributed by atoms with Gasteiger partial charge in [0.05, 0.1) is 5.75 Å². The number of amides is 2. The van der Waals surface area contributed by atoms with E-state index in [1.807, 2.05) is 42.5 Å². The van der Waals surface area contributed by atoms with E-state index in [4.69, 9.17) is 0 Å². The van der Waals surface area contributed by atoms with E-state index in [1.54, 1.807) is 11.8 Å². The van der Waals surface area contributed by atoms with Crippen molar-refractivity contribution in [2.45, 2.75) is 25.3 Å². The Kier molecular flexibility index (Phi) is 7.03. The summed E-state index contributed by atoms with van der Waals surface area (Å²) in [6.07, 6.45) is 6.78. The normalized spacial score (nSPS) is 18.7. The molecule has 22 heavy (non-hydrogen) atoms. The molecule has 1 atom stereocenters. The van der Waals surface area contributed by atoms with E-state index < -0.39 is 0 Å². The van der Waals surface area contributed by atoms with E-state index >= 15 is 0 Å². The zero-order valence-electron chi connectivity index (χ0n) is 12.6. The molecule has 0 aliphatic carbocycles. The average molecular weight is 318 g/mol. The molecule has 2 amide bonds. The van der Waals surface area contributed by atoms with Crippen LogP contribution in [0.4, 0.5) is 0 Å². The predicted molar refractivity (Wildman–Crippen MR) is 91.6 cm³/mol. The van der Waals surface area contributed by atoms with Crippen molar-refractivity contribution >= 4 is 29.7 Å². The molecule has 5 heteroatoms. The van der Waals surface area contributed by atoms with E-state index in [1.165, 1.54) is 0 Å². The van der Waals surface area contributed by atoms with Crippen molar-refractivity contribution in [2.75, 3.05) is 18.1 Å². The van der Waals surface area contributed by atoms with Gasteiger partial charge in [-0.05, 0) is 24.8 Å². The molecular formula is C17H22N2O2S. The number of nitrogens with one attached hydrogen (secondary N) is 2. The van der Waals surface area contributed by atoms with Crippen LogP contribution in [0.2, 0.25) is 0 Å². The van der Waals surface area contributed by atoms with Gasteiger partial charge in [0.15, 0.2) is 0 Å². The highest BCUT2D eigenvalue weighted by Gasteiger charge is 2.21. The maximum Gasteiger partial charge on any atom is 0.242 e. The van der Waals surface area contributed by atoms with E-state index in [9.17, 15) is 9.59 Å². The van der Waals surface area contributed by atoms with Crippen molar-refractivity contribution in [1.29, 1.82) is 0 Å². The Morgan fingerprint density at radius 2 is 2.14 bits per heavy atom. The van der Waals surface area contributed by atoms with Gasteiger partial charge in [-0.1, -0.05) is 42.5 Å². The van der Waals surface area contributed by atoms with Crippen molar-refractivity contribution in [1.82, 2.24) is 10.6 Å². The molecular weight excluding hydrogens is 296 g/mol. The molecule has 1 aromatic rings. The lowest BCUT2D eigenvalue weighted by molar-refractivity contribution is -0.127. The van der Waals surface area contributed by atoms with Gasteiger partial charge in [-0.2, -0.15) is 0 Å². The number of rotatable bonds is 6. The van der Waals surface area contributed by atoms with E-state index in [-0.39, 0.29) is 17.9 Å². The molecule has 0 spiro atoms. The first-order valence-electron chi connectivity index (χ1n) is 7.62. The largest absolute Gasteiger partial charge is 0.354 e. The van der Waals surface area contributed by atoms with Gasteiger partial charge in [-0.3, -0.25) is 9.59 Å². The summed E-state index contributed by atoms with van der Waals surface area (Å²) in [5.74, 6) is 1.03. The number of carbonyl (C=O) groups excluding carboxylic acids is 2. The second kappa shape index (κ2) is 9.30. The summed E-state index contributed by atoms with van der Waals surface area (Å²) >= 11 is 1.55. The quantitative estimate of drug-likeness (QED) is 0.791. The van der Waals surface area contributed by atoms with Gasteiger partial charge in [-0.25, -0.2) is 0 Å². The fourth-order valence-corrected chi connectivity index (χ4v) is 2.90. The van der Waals surface area contributed by atoms with Crippen LogP contribution in [0.15, 0.2) is 36.4 Å². The average Bonchev–Trinajstić information content (AvgIpc) is 2.73. The molecule has 0 bridgehead atoms. The number of carbonyl (C=O) groups is 2. The smallest absolute Gasteiger partial charge is 0.242 e. The van der Waals surface area contributed by atoms with Gasteiger partial charge in [0.25, 0.3) is 0 Å². The lowest BCUT2D eigenvalue weighted by Gasteiger charge is -2.14. The van der Waals surface area contributed by atoms with Crippen molar-refractivity contribution in [3.63, 3.8) is 0 Å². The zero-order chi connectivity index (χ0) is 15.6. The molecule has 1 heterocycles. The molecule has 0 unspecified atom stereocenters. The van der Waals surface area contributed by atoms with Crippen LogP contribution in [0.1, 0.15) is 24.8 Å². The minimum Gasteiger partial charge on any atom is -0.354 e. The van der Waals surface area contributed by atoms with E-state index in [0.717, 1.165) is 30.6 Å². The van der Waals surface area contributed by atoms with Crippen LogP contribution in [0.3, 0.4) is 0 Å². The highest BCUT2D eigenvalue weighted by molar-refractivity contribution is 8.00. The summed E-state index contributed by atoms with van der Waals surface area (Å²) in [6.45, 7) is 0.713. The van der Waals surface area contributed by atoms with E-state index in [2.05, 4.69) is 10.6 Å². The van der Waals surface area contributed by atoms with Crippen LogP contribution in [-0.2, 0) is 9.59 Å². The molecule has 1 aromatic carbocycles. The van der Waals surface area contributed by atoms with Crippen molar-refractivity contribution < 1.29 is 9.59 Å². The standard InChI is InChI=1S/C17H22N2O2S/c20-16(19-15-10-4-5-11-18-17(15)21)13-22-12-6-9-14-7-2-1-3-8-14/h1-3,6-9,15H,4-5,10-13H2,(H,18,21)(H,19,20)/b9-6+/t15-/m0/s1. The first-order valence-corrected chi connectivity index (χ1v) is 8.77. The summed E-state index contributed by atoms with van der Waals surface area (Å²) in [6, 6.07) is 9.70. The van der Waals surface area contributed by atoms with Crippen LogP contribution in [-0.4, -0.2) is 35.9 Å². The van der Waals surface area contributed by atoms with Crippen LogP contribution < -0.4 is 10.6 Å². The van der Waals surface area contributed by atoms with Crippen LogP contribution in [0.5, 0.6) is 0 Å². The summed E-state index contributed by atoms with van der Waals surface area (Å²) in [7, 11) is 0. The van der Waals surface area contributed by atoms with Gasteiger partial charge < -0.3 is 10.6 Å². The fraction of sp³-hybridized carbons (Fsp3) is 0.412. The Morgan fingerprint density at radius 3 is 2.95 bits per heavy atom. The van der Waals surface area contributed by atoms with Gasteiger partial charge in [-0.15, -0.1) is 11.8 Å². The summed E-state index contributed by atoms with van der Waals surface area (Å²) in [4.78, 5) is 23.6. The number of hydrogen-bond acceptors (Lipinski definition) is 3.